The van der Waals surface area contributed by atoms with Crippen molar-refractivity contribution >= 4 is 39.6 Å². The molecule has 9 heteroatoms. The van der Waals surface area contributed by atoms with Gasteiger partial charge in [-0.3, -0.25) is 4.79 Å². The predicted octanol–water partition coefficient (Wildman–Crippen LogP) is 4.92. The number of carbonyl (C=O) groups excluding carboxylic acids is 2. The molecule has 0 spiro atoms. The van der Waals surface area contributed by atoms with Gasteiger partial charge in [0.15, 0.2) is 0 Å². The van der Waals surface area contributed by atoms with Gasteiger partial charge in [0.05, 0.1) is 18.1 Å². The molecule has 0 radical (unpaired) electrons. The van der Waals surface area contributed by atoms with Gasteiger partial charge in [-0.05, 0) is 57.1 Å². The van der Waals surface area contributed by atoms with Crippen molar-refractivity contribution in [3.8, 4) is 0 Å². The van der Waals surface area contributed by atoms with Gasteiger partial charge >= 0.3 is 5.97 Å². The van der Waals surface area contributed by atoms with Gasteiger partial charge in [-0.2, -0.15) is 0 Å². The lowest BCUT2D eigenvalue weighted by Crippen LogP contribution is -2.29. The number of nitrogens with zero attached hydrogens (tertiary/aromatic N) is 3. The normalized spacial score (nSPS) is 11.3. The van der Waals surface area contributed by atoms with Crippen LogP contribution in [0.5, 0.6) is 0 Å². The average molecular weight is 545 g/mol. The molecule has 0 aliphatic rings. The SMILES string of the molecule is CCCCC(=O)NCCCN(C)CCCNc1nc(Cc2ccccc2)nc2[nH]c3cc(C(=O)OC)ccc3c12. The van der Waals surface area contributed by atoms with Crippen LogP contribution in [0.3, 0.4) is 0 Å². The Morgan fingerprint density at radius 2 is 1.77 bits per heavy atom. The van der Waals surface area contributed by atoms with E-state index in [1.54, 1.807) is 12.1 Å². The van der Waals surface area contributed by atoms with Gasteiger partial charge in [-0.1, -0.05) is 49.7 Å². The average Bonchev–Trinajstić information content (AvgIpc) is 3.34. The lowest BCUT2D eigenvalue weighted by molar-refractivity contribution is -0.121. The molecule has 2 heterocycles. The lowest BCUT2D eigenvalue weighted by atomic mass is 10.1. The van der Waals surface area contributed by atoms with E-state index in [1.165, 1.54) is 7.11 Å². The summed E-state index contributed by atoms with van der Waals surface area (Å²) in [6.07, 6.45) is 5.08. The van der Waals surface area contributed by atoms with Crippen molar-refractivity contribution in [1.82, 2.24) is 25.2 Å². The molecule has 0 atom stereocenters. The third-order valence-corrected chi connectivity index (χ3v) is 6.93. The summed E-state index contributed by atoms with van der Waals surface area (Å²) >= 11 is 0. The van der Waals surface area contributed by atoms with Gasteiger partial charge in [0.2, 0.25) is 5.91 Å². The minimum atomic E-state index is -0.377. The second-order valence-corrected chi connectivity index (χ2v) is 10.1. The Hall–Kier alpha value is -3.98. The molecule has 0 fully saturated rings. The first kappa shape index (κ1) is 29.0. The number of amides is 1. The zero-order valence-corrected chi connectivity index (χ0v) is 23.8. The second-order valence-electron chi connectivity index (χ2n) is 10.1. The standard InChI is InChI=1S/C31H40N6O3/c1-4-5-13-27(38)32-16-9-18-37(2)19-10-17-33-29-28-24-15-14-23(31(39)40-3)21-25(24)34-30(28)36-26(35-29)20-22-11-7-6-8-12-22/h6-8,11-12,14-15,21H,4-5,9-10,13,16-20H2,1-3H3,(H,32,38)(H2,33,34,35,36). The van der Waals surface area contributed by atoms with E-state index in [-0.39, 0.29) is 11.9 Å². The van der Waals surface area contributed by atoms with Crippen molar-refractivity contribution in [3.05, 3.63) is 65.5 Å². The van der Waals surface area contributed by atoms with E-state index in [9.17, 15) is 9.59 Å². The predicted molar refractivity (Wildman–Crippen MR) is 160 cm³/mol. The summed E-state index contributed by atoms with van der Waals surface area (Å²) in [7, 11) is 3.49. The molecule has 0 aliphatic carbocycles. The van der Waals surface area contributed by atoms with E-state index in [0.717, 1.165) is 84.5 Å². The third-order valence-electron chi connectivity index (χ3n) is 6.93. The molecule has 0 saturated carbocycles. The van der Waals surface area contributed by atoms with Gasteiger partial charge in [-0.15, -0.1) is 0 Å². The van der Waals surface area contributed by atoms with Crippen LogP contribution in [0.1, 0.15) is 60.8 Å². The van der Waals surface area contributed by atoms with Crippen LogP contribution in [0.15, 0.2) is 48.5 Å². The van der Waals surface area contributed by atoms with Crippen molar-refractivity contribution in [2.45, 2.75) is 45.4 Å². The second kappa shape index (κ2) is 14.4. The van der Waals surface area contributed by atoms with Crippen LogP contribution >= 0.6 is 0 Å². The minimum absolute atomic E-state index is 0.148. The van der Waals surface area contributed by atoms with E-state index < -0.39 is 0 Å². The highest BCUT2D eigenvalue weighted by molar-refractivity contribution is 6.12. The topological polar surface area (TPSA) is 112 Å². The smallest absolute Gasteiger partial charge is 0.337 e. The van der Waals surface area contributed by atoms with Crippen LogP contribution in [0.2, 0.25) is 0 Å². The van der Waals surface area contributed by atoms with Crippen LogP contribution < -0.4 is 10.6 Å². The van der Waals surface area contributed by atoms with Crippen molar-refractivity contribution in [3.63, 3.8) is 0 Å². The maximum absolute atomic E-state index is 12.1. The summed E-state index contributed by atoms with van der Waals surface area (Å²) in [5.41, 5.74) is 3.17. The lowest BCUT2D eigenvalue weighted by Gasteiger charge is -2.17. The van der Waals surface area contributed by atoms with E-state index in [2.05, 4.69) is 46.6 Å². The highest BCUT2D eigenvalue weighted by Crippen LogP contribution is 2.31. The van der Waals surface area contributed by atoms with Crippen LogP contribution in [-0.2, 0) is 16.0 Å². The summed E-state index contributed by atoms with van der Waals surface area (Å²) < 4.78 is 4.89. The Morgan fingerprint density at radius 1 is 1.00 bits per heavy atom. The molecule has 9 nitrogen and oxygen atoms in total. The van der Waals surface area contributed by atoms with E-state index in [1.807, 2.05) is 24.3 Å². The van der Waals surface area contributed by atoms with E-state index in [0.29, 0.717) is 24.9 Å². The van der Waals surface area contributed by atoms with Gasteiger partial charge in [0.25, 0.3) is 0 Å². The molecule has 1 amide bonds. The van der Waals surface area contributed by atoms with E-state index >= 15 is 0 Å². The Labute approximate surface area is 235 Å². The Kier molecular flexibility index (Phi) is 10.5. The van der Waals surface area contributed by atoms with Crippen molar-refractivity contribution in [2.75, 3.05) is 45.7 Å². The van der Waals surface area contributed by atoms with Crippen LogP contribution in [-0.4, -0.2) is 72.1 Å². The zero-order chi connectivity index (χ0) is 28.3. The molecular weight excluding hydrogens is 504 g/mol. The number of nitrogens with one attached hydrogen (secondary N) is 3. The van der Waals surface area contributed by atoms with Crippen molar-refractivity contribution in [1.29, 1.82) is 0 Å². The number of aromatic nitrogens is 3. The minimum Gasteiger partial charge on any atom is -0.465 e. The summed E-state index contributed by atoms with van der Waals surface area (Å²) in [6.45, 7) is 5.42. The maximum atomic E-state index is 12.1. The number of aromatic amines is 1. The van der Waals surface area contributed by atoms with Crippen LogP contribution in [0.4, 0.5) is 5.82 Å². The monoisotopic (exact) mass is 544 g/mol. The molecule has 2 aromatic carbocycles. The number of ether oxygens (including phenoxy) is 1. The van der Waals surface area contributed by atoms with Gasteiger partial charge in [0, 0.05) is 36.8 Å². The zero-order valence-electron chi connectivity index (χ0n) is 23.8. The summed E-state index contributed by atoms with van der Waals surface area (Å²) in [4.78, 5) is 39.3. The number of rotatable bonds is 15. The third kappa shape index (κ3) is 7.79. The molecule has 0 unspecified atom stereocenters. The quantitative estimate of drug-likeness (QED) is 0.144. The molecule has 0 saturated heterocycles. The van der Waals surface area contributed by atoms with Gasteiger partial charge in [0.1, 0.15) is 17.3 Å². The molecule has 4 rings (SSSR count). The first-order valence-corrected chi connectivity index (χ1v) is 14.1. The maximum Gasteiger partial charge on any atom is 0.337 e. The molecule has 0 bridgehead atoms. The summed E-state index contributed by atoms with van der Waals surface area (Å²) in [5.74, 6) is 1.28. The molecule has 0 aliphatic heterocycles. The number of esters is 1. The number of H-pyrrole nitrogens is 1. The molecule has 4 aromatic rings. The van der Waals surface area contributed by atoms with Gasteiger partial charge < -0.3 is 25.3 Å². The Morgan fingerprint density at radius 3 is 2.52 bits per heavy atom. The molecule has 3 N–H and O–H groups in total. The number of hydrogen-bond acceptors (Lipinski definition) is 7. The highest BCUT2D eigenvalue weighted by atomic mass is 16.5. The van der Waals surface area contributed by atoms with Crippen molar-refractivity contribution < 1.29 is 14.3 Å². The molecule has 40 heavy (non-hydrogen) atoms. The number of fused-ring (bicyclic) bond motifs is 3. The number of hydrogen-bond donors (Lipinski definition) is 3. The fraction of sp³-hybridized carbons (Fsp3) is 0.419. The first-order valence-electron chi connectivity index (χ1n) is 14.1. The van der Waals surface area contributed by atoms with Crippen molar-refractivity contribution in [2.24, 2.45) is 0 Å². The molecule has 2 aromatic heterocycles. The van der Waals surface area contributed by atoms with E-state index in [4.69, 9.17) is 14.7 Å². The van der Waals surface area contributed by atoms with Crippen LogP contribution in [0.25, 0.3) is 21.9 Å². The molecular formula is C31H40N6O3. The Bertz CT molecular complexity index is 1420. The van der Waals surface area contributed by atoms with Gasteiger partial charge in [-0.25, -0.2) is 14.8 Å². The highest BCUT2D eigenvalue weighted by Gasteiger charge is 2.16. The fourth-order valence-electron chi connectivity index (χ4n) is 4.75. The number of methoxy groups -OCH3 is 1. The number of unbranched alkanes of at least 4 members (excludes halogenated alkanes) is 1. The van der Waals surface area contributed by atoms with Crippen LogP contribution in [0, 0.1) is 0 Å². The number of carbonyl (C=O) groups is 2. The number of anilines is 1. The largest absolute Gasteiger partial charge is 0.465 e. The fourth-order valence-corrected chi connectivity index (χ4v) is 4.75. The summed E-state index contributed by atoms with van der Waals surface area (Å²) in [6, 6.07) is 15.7. The Balaban J connectivity index is 1.42. The first-order chi connectivity index (χ1) is 19.5. The molecule has 212 valence electrons. The summed E-state index contributed by atoms with van der Waals surface area (Å²) in [5, 5.41) is 8.42. The number of benzene rings is 2.